The number of benzene rings is 2. The summed E-state index contributed by atoms with van der Waals surface area (Å²) in [5, 5.41) is 1.76. The Morgan fingerprint density at radius 1 is 1.08 bits per heavy atom. The minimum Gasteiger partial charge on any atom is -0.495 e. The number of para-hydroxylation sites is 1. The van der Waals surface area contributed by atoms with Crippen LogP contribution in [0.2, 0.25) is 5.02 Å². The lowest BCUT2D eigenvalue weighted by molar-refractivity contribution is 0.0628. The minimum absolute atomic E-state index is 0.00681. The lowest BCUT2D eigenvalue weighted by atomic mass is 10.1. The third kappa shape index (κ3) is 5.41. The summed E-state index contributed by atoms with van der Waals surface area (Å²) in [7, 11) is 1.61. The monoisotopic (exact) mass is 519 g/mol. The topological polar surface area (TPSA) is 70.6 Å². The van der Waals surface area contributed by atoms with E-state index in [1.165, 1.54) is 11.9 Å². The third-order valence-electron chi connectivity index (χ3n) is 6.23. The van der Waals surface area contributed by atoms with Crippen LogP contribution in [0.15, 0.2) is 78.1 Å². The fraction of sp³-hybridized carbons (Fsp3) is 0.222. The number of aromatic nitrogens is 2. The van der Waals surface area contributed by atoms with Crippen LogP contribution in [0.25, 0.3) is 10.9 Å². The molecular formula is C27H26ClN5O2S. The largest absolute Gasteiger partial charge is 0.495 e. The first-order valence-electron chi connectivity index (χ1n) is 11.7. The van der Waals surface area contributed by atoms with Crippen molar-refractivity contribution in [3.05, 3.63) is 89.3 Å². The van der Waals surface area contributed by atoms with E-state index in [1.54, 1.807) is 31.8 Å². The second-order valence-corrected chi connectivity index (χ2v) is 9.74. The highest BCUT2D eigenvalue weighted by atomic mass is 35.5. The highest BCUT2D eigenvalue weighted by Gasteiger charge is 2.23. The van der Waals surface area contributed by atoms with Gasteiger partial charge < -0.3 is 14.4 Å². The fourth-order valence-electron chi connectivity index (χ4n) is 4.24. The number of carbonyl (C=O) groups is 1. The molecule has 2 aromatic carbocycles. The molecule has 0 unspecified atom stereocenters. The molecule has 5 rings (SSSR count). The summed E-state index contributed by atoms with van der Waals surface area (Å²) in [6.07, 6.45) is 5.21. The molecule has 0 spiro atoms. The lowest BCUT2D eigenvalue weighted by Crippen LogP contribution is -2.48. The molecule has 2 aromatic heterocycles. The molecule has 184 valence electrons. The molecule has 36 heavy (non-hydrogen) atoms. The van der Waals surface area contributed by atoms with Crippen molar-refractivity contribution < 1.29 is 9.53 Å². The fourth-order valence-corrected chi connectivity index (χ4v) is 5.22. The van der Waals surface area contributed by atoms with Gasteiger partial charge in [0.05, 0.1) is 28.2 Å². The molecule has 4 aromatic rings. The van der Waals surface area contributed by atoms with Crippen molar-refractivity contribution in [2.75, 3.05) is 38.0 Å². The average molecular weight is 520 g/mol. The molecule has 7 nitrogen and oxygen atoms in total. The van der Waals surface area contributed by atoms with Gasteiger partial charge in [-0.2, -0.15) is 0 Å². The van der Waals surface area contributed by atoms with Gasteiger partial charge in [0.25, 0.3) is 5.91 Å². The van der Waals surface area contributed by atoms with Crippen LogP contribution in [-0.4, -0.2) is 59.0 Å². The van der Waals surface area contributed by atoms with Crippen LogP contribution < -0.4 is 9.46 Å². The summed E-state index contributed by atoms with van der Waals surface area (Å²) in [5.41, 5.74) is 3.40. The van der Waals surface area contributed by atoms with Gasteiger partial charge in [-0.25, -0.2) is 0 Å². The van der Waals surface area contributed by atoms with E-state index in [9.17, 15) is 4.79 Å². The number of rotatable bonds is 7. The first-order valence-corrected chi connectivity index (χ1v) is 12.9. The van der Waals surface area contributed by atoms with Crippen molar-refractivity contribution in [2.45, 2.75) is 11.4 Å². The van der Waals surface area contributed by atoms with E-state index in [4.69, 9.17) is 16.3 Å². The number of amides is 1. The number of nitrogens with one attached hydrogen (secondary N) is 1. The quantitative estimate of drug-likeness (QED) is 0.329. The molecule has 0 aliphatic carbocycles. The molecule has 1 fully saturated rings. The molecule has 1 N–H and O–H groups in total. The van der Waals surface area contributed by atoms with Crippen LogP contribution in [0, 0.1) is 0 Å². The Morgan fingerprint density at radius 3 is 2.72 bits per heavy atom. The SMILES string of the molecule is COc1cc(C(=O)N2CCN(Cc3ccncc3Cl)CC2)ccc1NSc1cccc2cccnc12. The Bertz CT molecular complexity index is 1370. The maximum absolute atomic E-state index is 13.2. The number of anilines is 1. The van der Waals surface area contributed by atoms with Gasteiger partial charge in [-0.1, -0.05) is 29.8 Å². The smallest absolute Gasteiger partial charge is 0.254 e. The van der Waals surface area contributed by atoms with E-state index < -0.39 is 0 Å². The van der Waals surface area contributed by atoms with E-state index in [0.717, 1.165) is 46.7 Å². The maximum atomic E-state index is 13.2. The highest BCUT2D eigenvalue weighted by molar-refractivity contribution is 8.00. The van der Waals surface area contributed by atoms with Gasteiger partial charge in [-0.05, 0) is 53.9 Å². The van der Waals surface area contributed by atoms with Crippen molar-refractivity contribution in [2.24, 2.45) is 0 Å². The zero-order chi connectivity index (χ0) is 24.9. The summed E-state index contributed by atoms with van der Waals surface area (Å²) < 4.78 is 8.96. The Hall–Kier alpha value is -3.33. The van der Waals surface area contributed by atoms with Crippen LogP contribution >= 0.6 is 23.5 Å². The summed E-state index contributed by atoms with van der Waals surface area (Å²) in [6.45, 7) is 3.65. The Labute approximate surface area is 219 Å². The van der Waals surface area contributed by atoms with E-state index >= 15 is 0 Å². The van der Waals surface area contributed by atoms with Crippen molar-refractivity contribution in [1.82, 2.24) is 19.8 Å². The number of methoxy groups -OCH3 is 1. The van der Waals surface area contributed by atoms with Crippen LogP contribution in [-0.2, 0) is 6.54 Å². The summed E-state index contributed by atoms with van der Waals surface area (Å²) in [6, 6.07) is 17.5. The molecule has 3 heterocycles. The number of fused-ring (bicyclic) bond motifs is 1. The number of carbonyl (C=O) groups excluding carboxylic acids is 1. The summed E-state index contributed by atoms with van der Waals surface area (Å²) in [5.74, 6) is 0.625. The van der Waals surface area contributed by atoms with E-state index in [-0.39, 0.29) is 5.91 Å². The van der Waals surface area contributed by atoms with Crippen molar-refractivity contribution >= 4 is 46.0 Å². The van der Waals surface area contributed by atoms with Crippen LogP contribution in [0.5, 0.6) is 5.75 Å². The number of pyridine rings is 2. The molecule has 1 amide bonds. The molecule has 0 atom stereocenters. The van der Waals surface area contributed by atoms with Gasteiger partial charge in [0.2, 0.25) is 0 Å². The van der Waals surface area contributed by atoms with Gasteiger partial charge in [-0.15, -0.1) is 0 Å². The predicted molar refractivity (Wildman–Crippen MR) is 145 cm³/mol. The van der Waals surface area contributed by atoms with Gasteiger partial charge in [0.1, 0.15) is 5.75 Å². The number of ether oxygens (including phenoxy) is 1. The first kappa shape index (κ1) is 24.4. The van der Waals surface area contributed by atoms with E-state index in [2.05, 4.69) is 19.6 Å². The van der Waals surface area contributed by atoms with Crippen molar-refractivity contribution in [3.8, 4) is 5.75 Å². The van der Waals surface area contributed by atoms with Crippen molar-refractivity contribution in [1.29, 1.82) is 0 Å². The summed E-state index contributed by atoms with van der Waals surface area (Å²) in [4.78, 5) is 27.0. The Balaban J connectivity index is 1.22. The standard InChI is InChI=1S/C27H26ClN5O2S/c1-35-24-16-20(7-8-23(24)31-36-25-6-2-4-19-5-3-10-30-26(19)25)27(34)33-14-12-32(13-15-33)18-21-9-11-29-17-22(21)28/h2-11,16-17,31H,12-15,18H2,1H3. The zero-order valence-corrected chi connectivity index (χ0v) is 21.4. The van der Waals surface area contributed by atoms with Crippen LogP contribution in [0.4, 0.5) is 5.69 Å². The summed E-state index contributed by atoms with van der Waals surface area (Å²) >= 11 is 7.72. The van der Waals surface area contributed by atoms with Crippen LogP contribution in [0.1, 0.15) is 15.9 Å². The molecule has 1 aliphatic rings. The lowest BCUT2D eigenvalue weighted by Gasteiger charge is -2.35. The zero-order valence-electron chi connectivity index (χ0n) is 19.9. The first-order chi connectivity index (χ1) is 17.6. The molecule has 0 bridgehead atoms. The number of nitrogens with zero attached hydrogens (tertiary/aromatic N) is 4. The van der Waals surface area contributed by atoms with Gasteiger partial charge in [0, 0.05) is 62.3 Å². The molecule has 0 saturated carbocycles. The molecular weight excluding hydrogens is 494 g/mol. The van der Waals surface area contributed by atoms with Crippen molar-refractivity contribution in [3.63, 3.8) is 0 Å². The Morgan fingerprint density at radius 2 is 1.92 bits per heavy atom. The second-order valence-electron chi connectivity index (χ2n) is 8.49. The van der Waals surface area contributed by atoms with Gasteiger partial charge in [-0.3, -0.25) is 19.7 Å². The second kappa shape index (κ2) is 11.2. The third-order valence-corrected chi connectivity index (χ3v) is 7.44. The van der Waals surface area contributed by atoms with E-state index in [1.807, 2.05) is 53.4 Å². The van der Waals surface area contributed by atoms with E-state index in [0.29, 0.717) is 29.4 Å². The minimum atomic E-state index is 0.00681. The number of hydrogen-bond donors (Lipinski definition) is 1. The molecule has 9 heteroatoms. The maximum Gasteiger partial charge on any atom is 0.254 e. The van der Waals surface area contributed by atoms with Gasteiger partial charge in [0.15, 0.2) is 0 Å². The molecule has 1 aliphatic heterocycles. The highest BCUT2D eigenvalue weighted by Crippen LogP contribution is 2.33. The van der Waals surface area contributed by atoms with Crippen LogP contribution in [0.3, 0.4) is 0 Å². The molecule has 0 radical (unpaired) electrons. The van der Waals surface area contributed by atoms with Gasteiger partial charge >= 0.3 is 0 Å². The average Bonchev–Trinajstić information content (AvgIpc) is 2.93. The number of halogens is 1. The number of hydrogen-bond acceptors (Lipinski definition) is 7. The Kier molecular flexibility index (Phi) is 7.55. The molecule has 1 saturated heterocycles. The number of piperazine rings is 1. The normalized spacial score (nSPS) is 14.1. The predicted octanol–water partition coefficient (Wildman–Crippen LogP) is 5.37.